The molecule has 186 valence electrons. The van der Waals surface area contributed by atoms with Crippen LogP contribution in [0.25, 0.3) is 5.70 Å². The fourth-order valence-corrected chi connectivity index (χ4v) is 5.15. The summed E-state index contributed by atoms with van der Waals surface area (Å²) in [5, 5.41) is 14.2. The number of Topliss-reactive ketones (excluding diaryl/α,β-unsaturated/α-hetero) is 1. The van der Waals surface area contributed by atoms with Gasteiger partial charge in [-0.2, -0.15) is 0 Å². The lowest BCUT2D eigenvalue weighted by Crippen LogP contribution is -2.29. The lowest BCUT2D eigenvalue weighted by molar-refractivity contribution is -0.384. The van der Waals surface area contributed by atoms with Crippen LogP contribution in [0.1, 0.15) is 39.9 Å². The number of non-ortho nitro benzene ring substituents is 1. The van der Waals surface area contributed by atoms with Crippen molar-refractivity contribution in [3.8, 4) is 5.75 Å². The molecule has 3 aromatic carbocycles. The maximum Gasteiger partial charge on any atom is 0.336 e. The van der Waals surface area contributed by atoms with Crippen molar-refractivity contribution < 1.29 is 24.0 Å². The number of carbonyl (C=O) groups is 2. The monoisotopic (exact) mass is 560 g/mol. The standard InChI is InChI=1S/C28H21BrN2O6/c1-15-23(28(33)36-2)24(25-26(30-15)19-5-3-4-6-20(19)27(25)32)21-13-17(29)9-12-22(21)37-14-16-7-10-18(11-8-16)31(34)35/h3-13,24,30H,14H2,1-2H3/t24-/m1/s1. The molecule has 0 aromatic heterocycles. The highest BCUT2D eigenvalue weighted by atomic mass is 79.9. The van der Waals surface area contributed by atoms with Crippen LogP contribution in [0, 0.1) is 10.1 Å². The molecule has 1 atom stereocenters. The van der Waals surface area contributed by atoms with Gasteiger partial charge in [0.25, 0.3) is 5.69 Å². The Kier molecular flexibility index (Phi) is 6.39. The summed E-state index contributed by atoms with van der Waals surface area (Å²) in [7, 11) is 1.31. The van der Waals surface area contributed by atoms with E-state index in [9.17, 15) is 19.7 Å². The number of carbonyl (C=O) groups excluding carboxylic acids is 2. The van der Waals surface area contributed by atoms with E-state index >= 15 is 0 Å². The van der Waals surface area contributed by atoms with Gasteiger partial charge in [-0.15, -0.1) is 0 Å². The first-order chi connectivity index (χ1) is 17.8. The zero-order valence-corrected chi connectivity index (χ0v) is 21.5. The minimum Gasteiger partial charge on any atom is -0.489 e. The Bertz CT molecular complexity index is 1520. The number of benzene rings is 3. The number of rotatable bonds is 6. The summed E-state index contributed by atoms with van der Waals surface area (Å²) in [6.07, 6.45) is 0. The summed E-state index contributed by atoms with van der Waals surface area (Å²) in [5.74, 6) is -0.990. The lowest BCUT2D eigenvalue weighted by atomic mass is 9.79. The average Bonchev–Trinajstić information content (AvgIpc) is 3.18. The third-order valence-corrected chi connectivity index (χ3v) is 6.97. The predicted molar refractivity (Wildman–Crippen MR) is 140 cm³/mol. The van der Waals surface area contributed by atoms with Crippen LogP contribution in [-0.2, 0) is 16.1 Å². The molecule has 0 amide bonds. The van der Waals surface area contributed by atoms with E-state index in [4.69, 9.17) is 9.47 Å². The maximum atomic E-state index is 13.7. The van der Waals surface area contributed by atoms with Crippen LogP contribution in [0.5, 0.6) is 5.75 Å². The molecule has 2 aliphatic rings. The molecule has 9 heteroatoms. The number of esters is 1. The van der Waals surface area contributed by atoms with E-state index in [2.05, 4.69) is 21.2 Å². The number of methoxy groups -OCH3 is 1. The molecule has 0 spiro atoms. The average molecular weight is 561 g/mol. The van der Waals surface area contributed by atoms with E-state index < -0.39 is 16.8 Å². The quantitative estimate of drug-likeness (QED) is 0.235. The number of hydrogen-bond donors (Lipinski definition) is 1. The van der Waals surface area contributed by atoms with E-state index in [1.807, 2.05) is 30.3 Å². The first kappa shape index (κ1) is 24.5. The fourth-order valence-electron chi connectivity index (χ4n) is 4.77. The smallest absolute Gasteiger partial charge is 0.336 e. The van der Waals surface area contributed by atoms with E-state index in [0.717, 1.165) is 15.6 Å². The molecule has 0 radical (unpaired) electrons. The highest BCUT2D eigenvalue weighted by Crippen LogP contribution is 2.49. The minimum atomic E-state index is -0.743. The Morgan fingerprint density at radius 1 is 1.08 bits per heavy atom. The van der Waals surface area contributed by atoms with Gasteiger partial charge in [0, 0.05) is 44.6 Å². The molecule has 3 aromatic rings. The summed E-state index contributed by atoms with van der Waals surface area (Å²) in [6, 6.07) is 18.8. The topological polar surface area (TPSA) is 108 Å². The molecule has 1 N–H and O–H groups in total. The van der Waals surface area contributed by atoms with Gasteiger partial charge in [-0.1, -0.05) is 40.2 Å². The van der Waals surface area contributed by atoms with E-state index in [0.29, 0.717) is 39.4 Å². The first-order valence-electron chi connectivity index (χ1n) is 11.4. The molecule has 1 heterocycles. The molecule has 1 aliphatic carbocycles. The Hall–Kier alpha value is -4.24. The van der Waals surface area contributed by atoms with Crippen LogP contribution in [-0.4, -0.2) is 23.8 Å². The van der Waals surface area contributed by atoms with Crippen LogP contribution in [0.3, 0.4) is 0 Å². The van der Waals surface area contributed by atoms with Crippen LogP contribution in [0.2, 0.25) is 0 Å². The third kappa shape index (κ3) is 4.31. The van der Waals surface area contributed by atoms with Crippen molar-refractivity contribution in [2.24, 2.45) is 0 Å². The minimum absolute atomic E-state index is 0.00935. The van der Waals surface area contributed by atoms with E-state index in [-0.39, 0.29) is 18.1 Å². The zero-order valence-electron chi connectivity index (χ0n) is 19.9. The molecule has 0 saturated heterocycles. The van der Waals surface area contributed by atoms with E-state index in [1.54, 1.807) is 31.2 Å². The Morgan fingerprint density at radius 2 is 1.78 bits per heavy atom. The van der Waals surface area contributed by atoms with Crippen LogP contribution >= 0.6 is 15.9 Å². The number of nitro benzene ring substituents is 1. The molecule has 0 saturated carbocycles. The van der Waals surface area contributed by atoms with Crippen molar-refractivity contribution >= 4 is 39.1 Å². The van der Waals surface area contributed by atoms with Crippen molar-refractivity contribution in [3.63, 3.8) is 0 Å². The Labute approximate surface area is 220 Å². The second-order valence-electron chi connectivity index (χ2n) is 8.65. The van der Waals surface area contributed by atoms with Gasteiger partial charge in [0.1, 0.15) is 12.4 Å². The largest absolute Gasteiger partial charge is 0.489 e. The molecule has 5 rings (SSSR count). The van der Waals surface area contributed by atoms with Gasteiger partial charge in [-0.3, -0.25) is 14.9 Å². The van der Waals surface area contributed by atoms with Gasteiger partial charge < -0.3 is 14.8 Å². The number of fused-ring (bicyclic) bond motifs is 2. The molecule has 37 heavy (non-hydrogen) atoms. The van der Waals surface area contributed by atoms with Gasteiger partial charge in [0.15, 0.2) is 5.78 Å². The highest BCUT2D eigenvalue weighted by molar-refractivity contribution is 9.10. The number of allylic oxidation sites excluding steroid dienone is 2. The number of nitrogens with one attached hydrogen (secondary N) is 1. The maximum absolute atomic E-state index is 13.7. The second kappa shape index (κ2) is 9.67. The molecule has 0 fully saturated rings. The zero-order chi connectivity index (χ0) is 26.3. The summed E-state index contributed by atoms with van der Waals surface area (Å²) < 4.78 is 12.0. The number of ketones is 1. The molecular formula is C28H21BrN2O6. The molecular weight excluding hydrogens is 540 g/mol. The number of hydrogen-bond acceptors (Lipinski definition) is 7. The SMILES string of the molecule is COC(=O)C1=C(C)NC2=C(C(=O)c3ccccc32)[C@@H]1c1cc(Br)ccc1OCc1ccc([N+](=O)[O-])cc1. The van der Waals surface area contributed by atoms with Gasteiger partial charge >= 0.3 is 5.97 Å². The normalized spacial score (nSPS) is 16.2. The fraction of sp³-hybridized carbons (Fsp3) is 0.143. The summed E-state index contributed by atoms with van der Waals surface area (Å²) >= 11 is 3.52. The molecule has 0 unspecified atom stereocenters. The van der Waals surface area contributed by atoms with Crippen molar-refractivity contribution in [1.29, 1.82) is 0 Å². The van der Waals surface area contributed by atoms with Crippen LogP contribution in [0.15, 0.2) is 88.0 Å². The Morgan fingerprint density at radius 3 is 2.46 bits per heavy atom. The van der Waals surface area contributed by atoms with Gasteiger partial charge in [-0.05, 0) is 42.8 Å². The summed E-state index contributed by atoms with van der Waals surface area (Å²) in [5.41, 5.74) is 4.70. The van der Waals surface area contributed by atoms with Crippen molar-refractivity contribution in [2.75, 3.05) is 7.11 Å². The molecule has 8 nitrogen and oxygen atoms in total. The van der Waals surface area contributed by atoms with Crippen molar-refractivity contribution in [1.82, 2.24) is 5.32 Å². The highest BCUT2D eigenvalue weighted by Gasteiger charge is 2.43. The summed E-state index contributed by atoms with van der Waals surface area (Å²) in [6.45, 7) is 1.91. The van der Waals surface area contributed by atoms with Gasteiger partial charge in [0.05, 0.1) is 29.2 Å². The van der Waals surface area contributed by atoms with Gasteiger partial charge in [0.2, 0.25) is 0 Å². The molecule has 0 bridgehead atoms. The van der Waals surface area contributed by atoms with Crippen molar-refractivity contribution in [3.05, 3.63) is 120 Å². The predicted octanol–water partition coefficient (Wildman–Crippen LogP) is 5.68. The number of halogens is 1. The number of dihydropyridines is 1. The molecule has 1 aliphatic heterocycles. The van der Waals surface area contributed by atoms with Crippen LogP contribution in [0.4, 0.5) is 5.69 Å². The van der Waals surface area contributed by atoms with Gasteiger partial charge in [-0.25, -0.2) is 4.79 Å². The number of ether oxygens (including phenoxy) is 2. The number of nitro groups is 1. The third-order valence-electron chi connectivity index (χ3n) is 6.48. The summed E-state index contributed by atoms with van der Waals surface area (Å²) in [4.78, 5) is 37.2. The van der Waals surface area contributed by atoms with E-state index in [1.165, 1.54) is 19.2 Å². The lowest BCUT2D eigenvalue weighted by Gasteiger charge is -2.30. The number of nitrogens with zero attached hydrogens (tertiary/aromatic N) is 1. The Balaban J connectivity index is 1.60. The van der Waals surface area contributed by atoms with Crippen molar-refractivity contribution in [2.45, 2.75) is 19.4 Å². The van der Waals surface area contributed by atoms with Crippen LogP contribution < -0.4 is 10.1 Å². The second-order valence-corrected chi connectivity index (χ2v) is 9.56. The first-order valence-corrected chi connectivity index (χ1v) is 12.2.